The summed E-state index contributed by atoms with van der Waals surface area (Å²) in [5.41, 5.74) is -0.865. The molecule has 0 fully saturated rings. The molecule has 0 radical (unpaired) electrons. The van der Waals surface area contributed by atoms with E-state index in [9.17, 15) is 13.6 Å². The number of hydrogen-bond acceptors (Lipinski definition) is 3. The normalized spacial score (nSPS) is 14.8. The number of rotatable bonds is 5. The van der Waals surface area contributed by atoms with E-state index in [0.29, 0.717) is 5.56 Å². The summed E-state index contributed by atoms with van der Waals surface area (Å²) >= 11 is 0. The average molecular weight is 320 g/mol. The van der Waals surface area contributed by atoms with Crippen molar-refractivity contribution >= 4 is 5.91 Å². The van der Waals surface area contributed by atoms with Gasteiger partial charge in [-0.1, -0.05) is 18.2 Å². The number of ether oxygens (including phenoxy) is 1. The Kier molecular flexibility index (Phi) is 5.05. The summed E-state index contributed by atoms with van der Waals surface area (Å²) in [5.74, 6) is -1.55. The van der Waals surface area contributed by atoms with E-state index in [1.807, 2.05) is 0 Å². The second-order valence-corrected chi connectivity index (χ2v) is 5.35. The Balaban J connectivity index is 2.25. The van der Waals surface area contributed by atoms with E-state index in [-0.39, 0.29) is 5.56 Å². The first-order valence-corrected chi connectivity index (χ1v) is 7.10. The summed E-state index contributed by atoms with van der Waals surface area (Å²) in [6.07, 6.45) is 2.54. The second-order valence-electron chi connectivity index (χ2n) is 5.35. The fraction of sp³-hybridized carbons (Fsp3) is 0.294. The van der Waals surface area contributed by atoms with Crippen LogP contribution in [-0.2, 0) is 15.1 Å². The lowest BCUT2D eigenvalue weighted by Gasteiger charge is -2.29. The van der Waals surface area contributed by atoms with Crippen molar-refractivity contribution in [2.75, 3.05) is 7.11 Å². The number of nitrogens with zero attached hydrogens (tertiary/aromatic N) is 1. The van der Waals surface area contributed by atoms with Gasteiger partial charge in [-0.05, 0) is 31.5 Å². The molecule has 1 aromatic carbocycles. The van der Waals surface area contributed by atoms with Gasteiger partial charge in [-0.15, -0.1) is 0 Å². The fourth-order valence-electron chi connectivity index (χ4n) is 2.26. The molecule has 4 nitrogen and oxygen atoms in total. The standard InChI is InChI=1S/C17H18F2N2O2/c1-11(12-8-13(18)10-20-9-12)21-16(22)17(2,23-3)14-6-4-5-7-15(14)19/h4-11H,1-3H3,(H,21,22)/t11-,17?/m1/s1. The Morgan fingerprint density at radius 1 is 1.30 bits per heavy atom. The molecular weight excluding hydrogens is 302 g/mol. The van der Waals surface area contributed by atoms with Crippen LogP contribution >= 0.6 is 0 Å². The van der Waals surface area contributed by atoms with Crippen LogP contribution in [0, 0.1) is 11.6 Å². The Morgan fingerprint density at radius 2 is 2.00 bits per heavy atom. The number of hydrogen-bond donors (Lipinski definition) is 1. The molecule has 0 aliphatic carbocycles. The van der Waals surface area contributed by atoms with Crippen molar-refractivity contribution in [3.8, 4) is 0 Å². The Labute approximate surface area is 133 Å². The Bertz CT molecular complexity index is 708. The van der Waals surface area contributed by atoms with Crippen molar-refractivity contribution in [3.05, 3.63) is 65.5 Å². The minimum absolute atomic E-state index is 0.129. The van der Waals surface area contributed by atoms with Gasteiger partial charge in [0.25, 0.3) is 5.91 Å². The molecule has 1 heterocycles. The molecular formula is C17H18F2N2O2. The first-order valence-electron chi connectivity index (χ1n) is 7.10. The van der Waals surface area contributed by atoms with Crippen LogP contribution in [0.5, 0.6) is 0 Å². The van der Waals surface area contributed by atoms with Crippen molar-refractivity contribution in [2.24, 2.45) is 0 Å². The second kappa shape index (κ2) is 6.83. The van der Waals surface area contributed by atoms with Gasteiger partial charge in [-0.25, -0.2) is 8.78 Å². The van der Waals surface area contributed by atoms with E-state index in [2.05, 4.69) is 10.3 Å². The molecule has 0 saturated heterocycles. The molecule has 2 aromatic rings. The number of halogens is 2. The van der Waals surface area contributed by atoms with Crippen molar-refractivity contribution < 1.29 is 18.3 Å². The maximum atomic E-state index is 14.0. The lowest BCUT2D eigenvalue weighted by molar-refractivity contribution is -0.143. The Hall–Kier alpha value is -2.34. The van der Waals surface area contributed by atoms with E-state index in [1.165, 1.54) is 44.5 Å². The first kappa shape index (κ1) is 17.0. The zero-order valence-electron chi connectivity index (χ0n) is 13.1. The molecule has 1 unspecified atom stereocenters. The molecule has 0 saturated carbocycles. The van der Waals surface area contributed by atoms with E-state index in [4.69, 9.17) is 4.74 Å². The molecule has 2 rings (SSSR count). The highest BCUT2D eigenvalue weighted by molar-refractivity contribution is 5.86. The number of amides is 1. The summed E-state index contributed by atoms with van der Waals surface area (Å²) in [7, 11) is 1.33. The van der Waals surface area contributed by atoms with Gasteiger partial charge in [0.15, 0.2) is 5.60 Å². The zero-order chi connectivity index (χ0) is 17.0. The SMILES string of the molecule is COC(C)(C(=O)N[C@H](C)c1cncc(F)c1)c1ccccc1F. The van der Waals surface area contributed by atoms with E-state index < -0.39 is 29.2 Å². The number of methoxy groups -OCH3 is 1. The van der Waals surface area contributed by atoms with Crippen LogP contribution in [0.15, 0.2) is 42.7 Å². The molecule has 1 aromatic heterocycles. The molecule has 0 spiro atoms. The molecule has 1 amide bonds. The van der Waals surface area contributed by atoms with E-state index in [0.717, 1.165) is 6.20 Å². The van der Waals surface area contributed by atoms with Crippen LogP contribution in [0.1, 0.15) is 31.0 Å². The lowest BCUT2D eigenvalue weighted by atomic mass is 9.93. The van der Waals surface area contributed by atoms with Gasteiger partial charge in [0.2, 0.25) is 0 Å². The molecule has 23 heavy (non-hydrogen) atoms. The smallest absolute Gasteiger partial charge is 0.257 e. The largest absolute Gasteiger partial charge is 0.364 e. The summed E-state index contributed by atoms with van der Waals surface area (Å²) in [4.78, 5) is 16.4. The topological polar surface area (TPSA) is 51.2 Å². The molecule has 2 atom stereocenters. The number of nitrogens with one attached hydrogen (secondary N) is 1. The number of pyridine rings is 1. The van der Waals surface area contributed by atoms with E-state index in [1.54, 1.807) is 13.0 Å². The van der Waals surface area contributed by atoms with Crippen molar-refractivity contribution in [1.82, 2.24) is 10.3 Å². The van der Waals surface area contributed by atoms with Crippen molar-refractivity contribution in [1.29, 1.82) is 0 Å². The number of carbonyl (C=O) groups is 1. The van der Waals surface area contributed by atoms with Gasteiger partial charge in [-0.3, -0.25) is 9.78 Å². The highest BCUT2D eigenvalue weighted by atomic mass is 19.1. The fourth-order valence-corrected chi connectivity index (χ4v) is 2.26. The summed E-state index contributed by atoms with van der Waals surface area (Å²) < 4.78 is 32.5. The van der Waals surface area contributed by atoms with Crippen molar-refractivity contribution in [3.63, 3.8) is 0 Å². The van der Waals surface area contributed by atoms with Crippen LogP contribution in [-0.4, -0.2) is 18.0 Å². The average Bonchev–Trinajstić information content (AvgIpc) is 2.54. The summed E-state index contributed by atoms with van der Waals surface area (Å²) in [6.45, 7) is 3.17. The van der Waals surface area contributed by atoms with Gasteiger partial charge in [0.05, 0.1) is 12.2 Å². The number of benzene rings is 1. The zero-order valence-corrected chi connectivity index (χ0v) is 13.1. The minimum atomic E-state index is -1.50. The Morgan fingerprint density at radius 3 is 2.61 bits per heavy atom. The third kappa shape index (κ3) is 3.53. The molecule has 0 bridgehead atoms. The molecule has 122 valence electrons. The molecule has 0 aliphatic heterocycles. The van der Waals surface area contributed by atoms with Crippen molar-refractivity contribution in [2.45, 2.75) is 25.5 Å². The van der Waals surface area contributed by atoms with Gasteiger partial charge >= 0.3 is 0 Å². The quantitative estimate of drug-likeness (QED) is 0.921. The third-order valence-corrected chi connectivity index (χ3v) is 3.80. The highest BCUT2D eigenvalue weighted by Crippen LogP contribution is 2.28. The summed E-state index contributed by atoms with van der Waals surface area (Å²) in [5, 5.41) is 2.70. The van der Waals surface area contributed by atoms with Crippen LogP contribution in [0.2, 0.25) is 0 Å². The van der Waals surface area contributed by atoms with Crippen LogP contribution in [0.3, 0.4) is 0 Å². The minimum Gasteiger partial charge on any atom is -0.364 e. The van der Waals surface area contributed by atoms with Gasteiger partial charge in [0.1, 0.15) is 11.6 Å². The summed E-state index contributed by atoms with van der Waals surface area (Å²) in [6, 6.07) is 6.70. The monoisotopic (exact) mass is 320 g/mol. The predicted molar refractivity (Wildman–Crippen MR) is 81.5 cm³/mol. The van der Waals surface area contributed by atoms with Crippen LogP contribution in [0.4, 0.5) is 8.78 Å². The van der Waals surface area contributed by atoms with Gasteiger partial charge < -0.3 is 10.1 Å². The predicted octanol–water partition coefficient (Wildman–Crippen LogP) is 3.10. The maximum Gasteiger partial charge on any atom is 0.257 e. The number of carbonyl (C=O) groups excluding carboxylic acids is 1. The third-order valence-electron chi connectivity index (χ3n) is 3.80. The van der Waals surface area contributed by atoms with Crippen LogP contribution in [0.25, 0.3) is 0 Å². The maximum absolute atomic E-state index is 14.0. The lowest BCUT2D eigenvalue weighted by Crippen LogP contribution is -2.45. The number of aromatic nitrogens is 1. The van der Waals surface area contributed by atoms with E-state index >= 15 is 0 Å². The highest BCUT2D eigenvalue weighted by Gasteiger charge is 2.38. The molecule has 1 N–H and O–H groups in total. The van der Waals surface area contributed by atoms with Gasteiger partial charge in [-0.2, -0.15) is 0 Å². The van der Waals surface area contributed by atoms with Crippen LogP contribution < -0.4 is 5.32 Å². The first-order chi connectivity index (χ1) is 10.9. The molecule has 6 heteroatoms. The van der Waals surface area contributed by atoms with Gasteiger partial charge in [0, 0.05) is 18.9 Å². The molecule has 0 aliphatic rings.